The minimum absolute atomic E-state index is 0.185. The quantitative estimate of drug-likeness (QED) is 0.573. The Morgan fingerprint density at radius 1 is 1.82 bits per heavy atom. The summed E-state index contributed by atoms with van der Waals surface area (Å²) in [5, 5.41) is 0. The molecule has 0 aromatic rings. The topological polar surface area (TPSA) is 29.5 Å². The van der Waals surface area contributed by atoms with Gasteiger partial charge in [0.15, 0.2) is 0 Å². The van der Waals surface area contributed by atoms with Crippen molar-refractivity contribution in [2.75, 3.05) is 25.3 Å². The lowest BCUT2D eigenvalue weighted by atomic mass is 10.3. The monoisotopic (exact) mass is 175 g/mol. The van der Waals surface area contributed by atoms with Crippen LogP contribution in [0.15, 0.2) is 0 Å². The number of esters is 1. The number of rotatable bonds is 2. The Morgan fingerprint density at radius 2 is 2.55 bits per heavy atom. The molecule has 1 atom stereocenters. The van der Waals surface area contributed by atoms with E-state index in [1.165, 1.54) is 6.92 Å². The highest BCUT2D eigenvalue weighted by Crippen LogP contribution is 2.18. The standard InChI is InChI=1S/C7H13NO2S/c1-6(9)10-3-7-4-11-5-8(7)2/h7H,3-5H2,1-2H3. The molecule has 1 unspecified atom stereocenters. The number of likely N-dealkylation sites (N-methyl/N-ethyl adjacent to an activating group) is 1. The molecule has 1 saturated heterocycles. The van der Waals surface area contributed by atoms with Gasteiger partial charge in [-0.1, -0.05) is 0 Å². The number of ether oxygens (including phenoxy) is 1. The van der Waals surface area contributed by atoms with Gasteiger partial charge in [0, 0.05) is 18.6 Å². The Hall–Kier alpha value is -0.220. The molecule has 1 aliphatic rings. The van der Waals surface area contributed by atoms with E-state index in [0.717, 1.165) is 11.6 Å². The van der Waals surface area contributed by atoms with E-state index in [1.807, 2.05) is 18.8 Å². The second-order valence-corrected chi connectivity index (χ2v) is 3.71. The minimum Gasteiger partial charge on any atom is -0.464 e. The fraction of sp³-hybridized carbons (Fsp3) is 0.857. The van der Waals surface area contributed by atoms with Crippen LogP contribution in [-0.4, -0.2) is 42.2 Å². The van der Waals surface area contributed by atoms with Crippen LogP contribution in [0.2, 0.25) is 0 Å². The van der Waals surface area contributed by atoms with Gasteiger partial charge in [-0.25, -0.2) is 0 Å². The number of thioether (sulfide) groups is 1. The minimum atomic E-state index is -0.185. The highest BCUT2D eigenvalue weighted by Gasteiger charge is 2.21. The van der Waals surface area contributed by atoms with E-state index in [4.69, 9.17) is 4.74 Å². The van der Waals surface area contributed by atoms with E-state index in [9.17, 15) is 4.79 Å². The van der Waals surface area contributed by atoms with Gasteiger partial charge in [-0.3, -0.25) is 9.69 Å². The first-order valence-electron chi connectivity index (χ1n) is 3.61. The molecule has 3 nitrogen and oxygen atoms in total. The predicted molar refractivity (Wildman–Crippen MR) is 45.5 cm³/mol. The lowest BCUT2D eigenvalue weighted by Crippen LogP contribution is -2.31. The fourth-order valence-electron chi connectivity index (χ4n) is 0.954. The van der Waals surface area contributed by atoms with E-state index in [-0.39, 0.29) is 5.97 Å². The molecule has 0 N–H and O–H groups in total. The summed E-state index contributed by atoms with van der Waals surface area (Å²) in [4.78, 5) is 12.7. The van der Waals surface area contributed by atoms with E-state index >= 15 is 0 Å². The van der Waals surface area contributed by atoms with E-state index < -0.39 is 0 Å². The van der Waals surface area contributed by atoms with Gasteiger partial charge in [0.25, 0.3) is 0 Å². The second kappa shape index (κ2) is 3.97. The van der Waals surface area contributed by atoms with Crippen LogP contribution >= 0.6 is 11.8 Å². The first-order valence-corrected chi connectivity index (χ1v) is 4.77. The molecule has 11 heavy (non-hydrogen) atoms. The van der Waals surface area contributed by atoms with Crippen molar-refractivity contribution in [3.8, 4) is 0 Å². The van der Waals surface area contributed by atoms with Crippen LogP contribution in [0.5, 0.6) is 0 Å². The average molecular weight is 175 g/mol. The van der Waals surface area contributed by atoms with Crippen molar-refractivity contribution in [3.63, 3.8) is 0 Å². The first kappa shape index (κ1) is 8.87. The summed E-state index contributed by atoms with van der Waals surface area (Å²) in [6.45, 7) is 1.99. The van der Waals surface area contributed by atoms with Gasteiger partial charge in [-0.2, -0.15) is 0 Å². The van der Waals surface area contributed by atoms with E-state index in [2.05, 4.69) is 4.90 Å². The van der Waals surface area contributed by atoms with Crippen LogP contribution in [-0.2, 0) is 9.53 Å². The Bertz CT molecular complexity index is 151. The molecule has 1 rings (SSSR count). The normalized spacial score (nSPS) is 25.5. The number of carbonyl (C=O) groups is 1. The Balaban J connectivity index is 2.20. The molecular weight excluding hydrogens is 162 g/mol. The van der Waals surface area contributed by atoms with Gasteiger partial charge >= 0.3 is 5.97 Å². The summed E-state index contributed by atoms with van der Waals surface area (Å²) in [5.74, 6) is 1.94. The molecule has 0 bridgehead atoms. The average Bonchev–Trinajstić information content (AvgIpc) is 2.31. The molecule has 0 aliphatic carbocycles. The van der Waals surface area contributed by atoms with Crippen molar-refractivity contribution in [1.29, 1.82) is 0 Å². The summed E-state index contributed by atoms with van der Waals surface area (Å²) < 4.78 is 4.90. The molecule has 0 radical (unpaired) electrons. The SMILES string of the molecule is CC(=O)OCC1CSCN1C. The summed E-state index contributed by atoms with van der Waals surface area (Å²) in [7, 11) is 2.05. The van der Waals surface area contributed by atoms with Crippen molar-refractivity contribution in [2.45, 2.75) is 13.0 Å². The van der Waals surface area contributed by atoms with Crippen LogP contribution in [0.25, 0.3) is 0 Å². The summed E-state index contributed by atoms with van der Waals surface area (Å²) in [5.41, 5.74) is 0. The number of carbonyl (C=O) groups excluding carboxylic acids is 1. The van der Waals surface area contributed by atoms with Gasteiger partial charge < -0.3 is 4.74 Å². The Labute approximate surface area is 71.1 Å². The molecule has 0 saturated carbocycles. The van der Waals surface area contributed by atoms with E-state index in [0.29, 0.717) is 12.6 Å². The van der Waals surface area contributed by atoms with E-state index in [1.54, 1.807) is 0 Å². The van der Waals surface area contributed by atoms with Gasteiger partial charge in [-0.05, 0) is 7.05 Å². The molecule has 0 aromatic carbocycles. The van der Waals surface area contributed by atoms with Crippen LogP contribution in [0, 0.1) is 0 Å². The zero-order valence-corrected chi connectivity index (χ0v) is 7.69. The predicted octanol–water partition coefficient (Wildman–Crippen LogP) is 0.554. The van der Waals surface area contributed by atoms with Crippen molar-refractivity contribution in [1.82, 2.24) is 4.90 Å². The van der Waals surface area contributed by atoms with Crippen LogP contribution in [0.4, 0.5) is 0 Å². The molecule has 1 heterocycles. The highest BCUT2D eigenvalue weighted by molar-refractivity contribution is 7.99. The van der Waals surface area contributed by atoms with Gasteiger partial charge in [0.1, 0.15) is 6.61 Å². The molecular formula is C7H13NO2S. The van der Waals surface area contributed by atoms with Crippen LogP contribution < -0.4 is 0 Å². The zero-order valence-electron chi connectivity index (χ0n) is 6.87. The molecule has 64 valence electrons. The third kappa shape index (κ3) is 2.71. The summed E-state index contributed by atoms with van der Waals surface area (Å²) >= 11 is 1.88. The van der Waals surface area contributed by atoms with Crippen molar-refractivity contribution < 1.29 is 9.53 Å². The molecule has 1 aliphatic heterocycles. The lowest BCUT2D eigenvalue weighted by molar-refractivity contribution is -0.142. The van der Waals surface area contributed by atoms with Gasteiger partial charge in [0.05, 0.1) is 6.04 Å². The second-order valence-electron chi connectivity index (χ2n) is 2.71. The molecule has 0 aromatic heterocycles. The zero-order chi connectivity index (χ0) is 8.27. The highest BCUT2D eigenvalue weighted by atomic mass is 32.2. The molecule has 0 spiro atoms. The number of hydrogen-bond acceptors (Lipinski definition) is 4. The summed E-state index contributed by atoms with van der Waals surface area (Å²) in [6, 6.07) is 0.420. The first-order chi connectivity index (χ1) is 5.20. The van der Waals surface area contributed by atoms with Crippen molar-refractivity contribution in [2.24, 2.45) is 0 Å². The van der Waals surface area contributed by atoms with Gasteiger partial charge in [0.2, 0.25) is 0 Å². The van der Waals surface area contributed by atoms with Crippen molar-refractivity contribution >= 4 is 17.7 Å². The maximum Gasteiger partial charge on any atom is 0.302 e. The molecule has 1 fully saturated rings. The number of hydrogen-bond donors (Lipinski definition) is 0. The number of nitrogens with zero attached hydrogens (tertiary/aromatic N) is 1. The molecule has 4 heteroatoms. The largest absolute Gasteiger partial charge is 0.464 e. The van der Waals surface area contributed by atoms with Crippen LogP contribution in [0.1, 0.15) is 6.92 Å². The lowest BCUT2D eigenvalue weighted by Gasteiger charge is -2.17. The molecule has 0 amide bonds. The van der Waals surface area contributed by atoms with Crippen LogP contribution in [0.3, 0.4) is 0 Å². The maximum absolute atomic E-state index is 10.5. The smallest absolute Gasteiger partial charge is 0.302 e. The maximum atomic E-state index is 10.5. The Kier molecular flexibility index (Phi) is 3.20. The fourth-order valence-corrected chi connectivity index (χ4v) is 2.18. The van der Waals surface area contributed by atoms with Gasteiger partial charge in [-0.15, -0.1) is 11.8 Å². The van der Waals surface area contributed by atoms with Crippen molar-refractivity contribution in [3.05, 3.63) is 0 Å². The third-order valence-electron chi connectivity index (χ3n) is 1.71. The summed E-state index contributed by atoms with van der Waals surface area (Å²) in [6.07, 6.45) is 0. The third-order valence-corrected chi connectivity index (χ3v) is 2.92. The Morgan fingerprint density at radius 3 is 3.00 bits per heavy atom.